The van der Waals surface area contributed by atoms with Gasteiger partial charge in [-0.25, -0.2) is 4.79 Å². The highest BCUT2D eigenvalue weighted by atomic mass is 16.5. The first-order chi connectivity index (χ1) is 11.5. The topological polar surface area (TPSA) is 54.0 Å². The van der Waals surface area contributed by atoms with Crippen molar-refractivity contribution in [1.82, 2.24) is 15.1 Å². The van der Waals surface area contributed by atoms with Crippen LogP contribution >= 0.6 is 0 Å². The molecule has 2 saturated heterocycles. The van der Waals surface area contributed by atoms with Crippen molar-refractivity contribution in [3.8, 4) is 0 Å². The minimum atomic E-state index is 0.0517. The van der Waals surface area contributed by atoms with E-state index in [1.165, 1.54) is 6.42 Å². The van der Waals surface area contributed by atoms with Crippen LogP contribution in [0, 0.1) is 11.8 Å². The molecule has 2 fully saturated rings. The van der Waals surface area contributed by atoms with Crippen molar-refractivity contribution in [2.45, 2.75) is 39.7 Å². The van der Waals surface area contributed by atoms with Crippen LogP contribution < -0.4 is 5.32 Å². The van der Waals surface area contributed by atoms with Crippen molar-refractivity contribution in [3.05, 3.63) is 0 Å². The minimum Gasteiger partial charge on any atom is -0.379 e. The van der Waals surface area contributed by atoms with E-state index in [9.17, 15) is 4.79 Å². The maximum absolute atomic E-state index is 12.5. The van der Waals surface area contributed by atoms with E-state index in [0.29, 0.717) is 18.4 Å². The molecule has 0 aromatic heterocycles. The molecule has 0 aromatic carbocycles. The van der Waals surface area contributed by atoms with Gasteiger partial charge in [0.1, 0.15) is 0 Å². The van der Waals surface area contributed by atoms with Gasteiger partial charge in [0.2, 0.25) is 0 Å². The molecule has 0 unspecified atom stereocenters. The smallest absolute Gasteiger partial charge is 0.317 e. The predicted molar refractivity (Wildman–Crippen MR) is 95.2 cm³/mol. The highest BCUT2D eigenvalue weighted by Crippen LogP contribution is 2.18. The summed E-state index contributed by atoms with van der Waals surface area (Å²) < 4.78 is 11.0. The highest BCUT2D eigenvalue weighted by molar-refractivity contribution is 5.74. The lowest BCUT2D eigenvalue weighted by molar-refractivity contribution is 0.0247. The van der Waals surface area contributed by atoms with Crippen LogP contribution in [-0.4, -0.2) is 81.0 Å². The van der Waals surface area contributed by atoms with Crippen molar-refractivity contribution < 1.29 is 14.3 Å². The van der Waals surface area contributed by atoms with Gasteiger partial charge in [0.15, 0.2) is 0 Å². The maximum Gasteiger partial charge on any atom is 0.317 e. The molecule has 1 N–H and O–H groups in total. The first kappa shape index (κ1) is 19.5. The number of likely N-dealkylation sites (tertiary alicyclic amines) is 1. The van der Waals surface area contributed by atoms with Crippen LogP contribution in [0.3, 0.4) is 0 Å². The van der Waals surface area contributed by atoms with Gasteiger partial charge in [-0.2, -0.15) is 0 Å². The SMILES string of the molecule is CC(C)COC[C@H](C)NC(=O)N1CCC[C@@H](CN2CCOCC2)C1. The van der Waals surface area contributed by atoms with E-state index in [4.69, 9.17) is 9.47 Å². The third kappa shape index (κ3) is 6.95. The van der Waals surface area contributed by atoms with Gasteiger partial charge >= 0.3 is 6.03 Å². The summed E-state index contributed by atoms with van der Waals surface area (Å²) in [6.07, 6.45) is 2.31. The maximum atomic E-state index is 12.5. The Hall–Kier alpha value is -0.850. The van der Waals surface area contributed by atoms with E-state index in [1.54, 1.807) is 0 Å². The predicted octanol–water partition coefficient (Wildman–Crippen LogP) is 1.80. The van der Waals surface area contributed by atoms with Crippen molar-refractivity contribution in [2.24, 2.45) is 11.8 Å². The molecule has 0 bridgehead atoms. The summed E-state index contributed by atoms with van der Waals surface area (Å²) in [4.78, 5) is 16.9. The van der Waals surface area contributed by atoms with Gasteiger partial charge < -0.3 is 19.7 Å². The van der Waals surface area contributed by atoms with Crippen LogP contribution in [0.25, 0.3) is 0 Å². The van der Waals surface area contributed by atoms with Gasteiger partial charge in [-0.05, 0) is 31.6 Å². The monoisotopic (exact) mass is 341 g/mol. The van der Waals surface area contributed by atoms with Gasteiger partial charge in [0.05, 0.1) is 25.9 Å². The quantitative estimate of drug-likeness (QED) is 0.767. The average molecular weight is 341 g/mol. The zero-order valence-corrected chi connectivity index (χ0v) is 15.6. The van der Waals surface area contributed by atoms with Crippen LogP contribution in [0.2, 0.25) is 0 Å². The van der Waals surface area contributed by atoms with Crippen LogP contribution in [0.1, 0.15) is 33.6 Å². The molecule has 2 atom stereocenters. The van der Waals surface area contributed by atoms with Crippen molar-refractivity contribution in [1.29, 1.82) is 0 Å². The molecule has 6 heteroatoms. The fourth-order valence-corrected chi connectivity index (χ4v) is 3.37. The number of ether oxygens (including phenoxy) is 2. The number of rotatable bonds is 7. The molecule has 2 aliphatic rings. The molecule has 0 saturated carbocycles. The average Bonchev–Trinajstić information content (AvgIpc) is 2.55. The number of hydrogen-bond acceptors (Lipinski definition) is 4. The van der Waals surface area contributed by atoms with Crippen LogP contribution in [-0.2, 0) is 9.47 Å². The molecule has 140 valence electrons. The number of morpholine rings is 1. The van der Waals surface area contributed by atoms with Gasteiger partial charge in [-0.3, -0.25) is 4.90 Å². The Bertz CT molecular complexity index is 373. The van der Waals surface area contributed by atoms with E-state index in [0.717, 1.165) is 59.0 Å². The summed E-state index contributed by atoms with van der Waals surface area (Å²) in [5.74, 6) is 1.10. The molecule has 2 aliphatic heterocycles. The number of urea groups is 1. The molecule has 0 radical (unpaired) electrons. The van der Waals surface area contributed by atoms with Crippen LogP contribution in [0.15, 0.2) is 0 Å². The van der Waals surface area contributed by atoms with E-state index < -0.39 is 0 Å². The highest BCUT2D eigenvalue weighted by Gasteiger charge is 2.26. The lowest BCUT2D eigenvalue weighted by Gasteiger charge is -2.37. The lowest BCUT2D eigenvalue weighted by atomic mass is 9.97. The van der Waals surface area contributed by atoms with Gasteiger partial charge in [0.25, 0.3) is 0 Å². The summed E-state index contributed by atoms with van der Waals surface area (Å²) in [7, 11) is 0. The second-order valence-electron chi connectivity index (χ2n) is 7.65. The molecule has 24 heavy (non-hydrogen) atoms. The Balaban J connectivity index is 1.69. The van der Waals surface area contributed by atoms with E-state index >= 15 is 0 Å². The molecule has 0 aliphatic carbocycles. The Morgan fingerprint density at radius 2 is 1.96 bits per heavy atom. The number of piperidine rings is 1. The molecule has 2 amide bonds. The second kappa shape index (κ2) is 10.2. The van der Waals surface area contributed by atoms with Crippen LogP contribution in [0.5, 0.6) is 0 Å². The molecule has 6 nitrogen and oxygen atoms in total. The molecule has 0 aromatic rings. The van der Waals surface area contributed by atoms with Crippen molar-refractivity contribution >= 4 is 6.03 Å². The number of amides is 2. The molecular weight excluding hydrogens is 306 g/mol. The van der Waals surface area contributed by atoms with E-state index in [2.05, 4.69) is 24.1 Å². The fourth-order valence-electron chi connectivity index (χ4n) is 3.37. The van der Waals surface area contributed by atoms with Gasteiger partial charge in [-0.1, -0.05) is 13.8 Å². The fraction of sp³-hybridized carbons (Fsp3) is 0.944. The standard InChI is InChI=1S/C18H35N3O3/c1-15(2)13-24-14-16(3)19-18(22)21-6-4-5-17(12-21)11-20-7-9-23-10-8-20/h15-17H,4-14H2,1-3H3,(H,19,22)/t16-,17-/m0/s1. The van der Waals surface area contributed by atoms with Crippen molar-refractivity contribution in [2.75, 3.05) is 59.2 Å². The Kier molecular flexibility index (Phi) is 8.29. The van der Waals surface area contributed by atoms with E-state index in [1.807, 2.05) is 11.8 Å². The van der Waals surface area contributed by atoms with Crippen LogP contribution in [0.4, 0.5) is 4.79 Å². The zero-order chi connectivity index (χ0) is 17.4. The zero-order valence-electron chi connectivity index (χ0n) is 15.6. The van der Waals surface area contributed by atoms with E-state index in [-0.39, 0.29) is 12.1 Å². The first-order valence-corrected chi connectivity index (χ1v) is 9.48. The largest absolute Gasteiger partial charge is 0.379 e. The van der Waals surface area contributed by atoms with Gasteiger partial charge in [0, 0.05) is 39.3 Å². The Morgan fingerprint density at radius 1 is 1.21 bits per heavy atom. The molecule has 0 spiro atoms. The molecular formula is C18H35N3O3. The minimum absolute atomic E-state index is 0.0517. The normalized spacial score (nSPS) is 24.2. The number of carbonyl (C=O) groups is 1. The summed E-state index contributed by atoms with van der Waals surface area (Å²) in [5, 5.41) is 3.08. The molecule has 2 rings (SSSR count). The molecule has 2 heterocycles. The van der Waals surface area contributed by atoms with Gasteiger partial charge in [-0.15, -0.1) is 0 Å². The third-order valence-corrected chi connectivity index (χ3v) is 4.62. The second-order valence-corrected chi connectivity index (χ2v) is 7.65. The number of carbonyl (C=O) groups excluding carboxylic acids is 1. The number of nitrogens with one attached hydrogen (secondary N) is 1. The number of nitrogens with zero attached hydrogens (tertiary/aromatic N) is 2. The number of hydrogen-bond donors (Lipinski definition) is 1. The van der Waals surface area contributed by atoms with Crippen molar-refractivity contribution in [3.63, 3.8) is 0 Å². The first-order valence-electron chi connectivity index (χ1n) is 9.48. The Morgan fingerprint density at radius 3 is 2.67 bits per heavy atom. The summed E-state index contributed by atoms with van der Waals surface area (Å²) in [6, 6.07) is 0.109. The summed E-state index contributed by atoms with van der Waals surface area (Å²) in [5.41, 5.74) is 0. The summed E-state index contributed by atoms with van der Waals surface area (Å²) >= 11 is 0. The summed E-state index contributed by atoms with van der Waals surface area (Å²) in [6.45, 7) is 14.1. The lowest BCUT2D eigenvalue weighted by Crippen LogP contribution is -2.51. The third-order valence-electron chi connectivity index (χ3n) is 4.62. The Labute approximate surface area is 146 Å².